The number of thiophene rings is 1. The number of amides is 2. The number of anilines is 1. The minimum absolute atomic E-state index is 0.327. The molecule has 3 rings (SSSR count). The molecule has 0 atom stereocenters. The van der Waals surface area contributed by atoms with Gasteiger partial charge in [0.05, 0.1) is 24.3 Å². The van der Waals surface area contributed by atoms with Crippen molar-refractivity contribution in [1.82, 2.24) is 0 Å². The maximum absolute atomic E-state index is 12.4. The molecule has 1 aliphatic rings. The summed E-state index contributed by atoms with van der Waals surface area (Å²) in [4.78, 5) is 25.5. The molecule has 0 saturated carbocycles. The van der Waals surface area contributed by atoms with E-state index < -0.39 is 5.91 Å². The highest BCUT2D eigenvalue weighted by molar-refractivity contribution is 9.10. The molecule has 1 aliphatic carbocycles. The fourth-order valence-corrected chi connectivity index (χ4v) is 5.19. The van der Waals surface area contributed by atoms with Crippen molar-refractivity contribution < 1.29 is 19.1 Å². The van der Waals surface area contributed by atoms with Crippen molar-refractivity contribution in [2.75, 3.05) is 19.5 Å². The summed E-state index contributed by atoms with van der Waals surface area (Å²) in [6.45, 7) is 0. The number of hydrogen-bond acceptors (Lipinski definition) is 5. The molecule has 0 unspecified atom stereocenters. The van der Waals surface area contributed by atoms with Gasteiger partial charge in [0.1, 0.15) is 5.00 Å². The number of fused-ring (bicyclic) bond motifs is 1. The standard InChI is InChI=1S/C20H21BrN2O4S/c1-26-14-10-11(9-13(21)18(14)27-2)7-8-16(24)23-20-17(19(22)25)12-5-3-4-6-15(12)28-20/h7-10H,3-6H2,1-2H3,(H2,22,25)(H,23,24)/b8-7+. The maximum Gasteiger partial charge on any atom is 0.251 e. The number of rotatable bonds is 6. The molecule has 2 aromatic rings. The van der Waals surface area contributed by atoms with E-state index in [4.69, 9.17) is 15.2 Å². The third kappa shape index (κ3) is 4.23. The molecule has 0 fully saturated rings. The van der Waals surface area contributed by atoms with Gasteiger partial charge in [-0.3, -0.25) is 9.59 Å². The molecule has 3 N–H and O–H groups in total. The molecule has 1 aromatic heterocycles. The topological polar surface area (TPSA) is 90.6 Å². The number of halogens is 1. The van der Waals surface area contributed by atoms with Crippen LogP contribution in [0.25, 0.3) is 6.08 Å². The zero-order valence-electron chi connectivity index (χ0n) is 15.6. The van der Waals surface area contributed by atoms with Crippen molar-refractivity contribution in [1.29, 1.82) is 0 Å². The van der Waals surface area contributed by atoms with Gasteiger partial charge in [-0.1, -0.05) is 0 Å². The largest absolute Gasteiger partial charge is 0.493 e. The maximum atomic E-state index is 12.4. The number of hydrogen-bond donors (Lipinski definition) is 2. The molecule has 6 nitrogen and oxygen atoms in total. The van der Waals surface area contributed by atoms with Crippen LogP contribution in [0, 0.1) is 0 Å². The predicted octanol–water partition coefficient (Wildman–Crippen LogP) is 4.16. The zero-order chi connectivity index (χ0) is 20.3. The van der Waals surface area contributed by atoms with Crippen LogP contribution in [-0.2, 0) is 17.6 Å². The number of methoxy groups -OCH3 is 2. The summed E-state index contributed by atoms with van der Waals surface area (Å²) in [5, 5.41) is 3.34. The molecule has 1 heterocycles. The zero-order valence-corrected chi connectivity index (χ0v) is 18.0. The molecule has 1 aromatic carbocycles. The lowest BCUT2D eigenvalue weighted by molar-refractivity contribution is -0.111. The number of carbonyl (C=O) groups excluding carboxylic acids is 2. The Morgan fingerprint density at radius 2 is 1.96 bits per heavy atom. The molecule has 8 heteroatoms. The number of carbonyl (C=O) groups is 2. The van der Waals surface area contributed by atoms with Gasteiger partial charge in [0, 0.05) is 11.0 Å². The van der Waals surface area contributed by atoms with E-state index in [0.29, 0.717) is 22.1 Å². The highest BCUT2D eigenvalue weighted by Crippen LogP contribution is 2.38. The smallest absolute Gasteiger partial charge is 0.251 e. The molecule has 0 spiro atoms. The second-order valence-corrected chi connectivity index (χ2v) is 8.30. The monoisotopic (exact) mass is 464 g/mol. The van der Waals surface area contributed by atoms with E-state index in [0.717, 1.165) is 46.2 Å². The Kier molecular flexibility index (Phi) is 6.41. The first-order chi connectivity index (χ1) is 13.4. The molecule has 0 bridgehead atoms. The third-order valence-corrected chi connectivity index (χ3v) is 6.33. The Hall–Kier alpha value is -2.32. The second kappa shape index (κ2) is 8.79. The van der Waals surface area contributed by atoms with E-state index in [1.165, 1.54) is 17.4 Å². The van der Waals surface area contributed by atoms with E-state index in [1.54, 1.807) is 26.4 Å². The SMILES string of the molecule is COc1cc(/C=C/C(=O)Nc2sc3c(c2C(N)=O)CCCC3)cc(Br)c1OC. The average molecular weight is 465 g/mol. The Morgan fingerprint density at radius 3 is 2.64 bits per heavy atom. The first-order valence-corrected chi connectivity index (χ1v) is 10.4. The van der Waals surface area contributed by atoms with Gasteiger partial charge in [-0.05, 0) is 70.9 Å². The molecule has 148 valence electrons. The van der Waals surface area contributed by atoms with Gasteiger partial charge in [0.15, 0.2) is 11.5 Å². The van der Waals surface area contributed by atoms with Crippen molar-refractivity contribution in [3.8, 4) is 11.5 Å². The number of primary amides is 1. The van der Waals surface area contributed by atoms with Gasteiger partial charge < -0.3 is 20.5 Å². The van der Waals surface area contributed by atoms with Crippen LogP contribution >= 0.6 is 27.3 Å². The normalized spacial score (nSPS) is 13.2. The van der Waals surface area contributed by atoms with Crippen LogP contribution < -0.4 is 20.5 Å². The highest BCUT2D eigenvalue weighted by Gasteiger charge is 2.24. The first-order valence-electron chi connectivity index (χ1n) is 8.79. The van der Waals surface area contributed by atoms with Crippen LogP contribution in [0.5, 0.6) is 11.5 Å². The van der Waals surface area contributed by atoms with Crippen LogP contribution in [-0.4, -0.2) is 26.0 Å². The van der Waals surface area contributed by atoms with Crippen molar-refractivity contribution in [2.24, 2.45) is 5.73 Å². The van der Waals surface area contributed by atoms with Crippen molar-refractivity contribution in [3.05, 3.63) is 44.2 Å². The Morgan fingerprint density at radius 1 is 1.21 bits per heavy atom. The molecular formula is C20H21BrN2O4S. The minimum atomic E-state index is -0.498. The minimum Gasteiger partial charge on any atom is -0.493 e. The van der Waals surface area contributed by atoms with Crippen LogP contribution in [0.4, 0.5) is 5.00 Å². The molecular weight excluding hydrogens is 444 g/mol. The fraction of sp³-hybridized carbons (Fsp3) is 0.300. The van der Waals surface area contributed by atoms with E-state index in [9.17, 15) is 9.59 Å². The third-order valence-electron chi connectivity index (χ3n) is 4.54. The van der Waals surface area contributed by atoms with E-state index in [-0.39, 0.29) is 5.91 Å². The average Bonchev–Trinajstić information content (AvgIpc) is 3.03. The van der Waals surface area contributed by atoms with Gasteiger partial charge in [0.2, 0.25) is 5.91 Å². The highest BCUT2D eigenvalue weighted by atomic mass is 79.9. The lowest BCUT2D eigenvalue weighted by Gasteiger charge is -2.11. The van der Waals surface area contributed by atoms with Gasteiger partial charge >= 0.3 is 0 Å². The van der Waals surface area contributed by atoms with Crippen molar-refractivity contribution >= 4 is 50.2 Å². The predicted molar refractivity (Wildman–Crippen MR) is 114 cm³/mol. The number of aryl methyl sites for hydroxylation is 1. The van der Waals surface area contributed by atoms with Crippen LogP contribution in [0.2, 0.25) is 0 Å². The van der Waals surface area contributed by atoms with Gasteiger partial charge in [-0.25, -0.2) is 0 Å². The summed E-state index contributed by atoms with van der Waals surface area (Å²) >= 11 is 4.87. The summed E-state index contributed by atoms with van der Waals surface area (Å²) in [7, 11) is 3.11. The molecule has 0 radical (unpaired) electrons. The van der Waals surface area contributed by atoms with Crippen LogP contribution in [0.15, 0.2) is 22.7 Å². The molecule has 0 saturated heterocycles. The van der Waals surface area contributed by atoms with E-state index >= 15 is 0 Å². The number of ether oxygens (including phenoxy) is 2. The van der Waals surface area contributed by atoms with Gasteiger partial charge in [0.25, 0.3) is 5.91 Å². The summed E-state index contributed by atoms with van der Waals surface area (Å²) < 4.78 is 11.3. The summed E-state index contributed by atoms with van der Waals surface area (Å²) in [5.74, 6) is 0.313. The van der Waals surface area contributed by atoms with Crippen molar-refractivity contribution in [2.45, 2.75) is 25.7 Å². The van der Waals surface area contributed by atoms with Gasteiger partial charge in [-0.2, -0.15) is 0 Å². The summed E-state index contributed by atoms with van der Waals surface area (Å²) in [6.07, 6.45) is 6.95. The van der Waals surface area contributed by atoms with Gasteiger partial charge in [-0.15, -0.1) is 11.3 Å². The number of nitrogens with one attached hydrogen (secondary N) is 1. The first kappa shape index (κ1) is 20.4. The van der Waals surface area contributed by atoms with E-state index in [1.807, 2.05) is 6.07 Å². The van der Waals surface area contributed by atoms with E-state index in [2.05, 4.69) is 21.2 Å². The Labute approximate surface area is 175 Å². The lowest BCUT2D eigenvalue weighted by Crippen LogP contribution is -2.17. The summed E-state index contributed by atoms with van der Waals surface area (Å²) in [6, 6.07) is 3.59. The Balaban J connectivity index is 1.81. The lowest BCUT2D eigenvalue weighted by atomic mass is 9.95. The molecule has 2 amide bonds. The summed E-state index contributed by atoms with van der Waals surface area (Å²) in [5.41, 5.74) is 7.78. The molecule has 28 heavy (non-hydrogen) atoms. The number of benzene rings is 1. The Bertz CT molecular complexity index is 952. The number of nitrogens with two attached hydrogens (primary N) is 1. The van der Waals surface area contributed by atoms with Crippen LogP contribution in [0.3, 0.4) is 0 Å². The second-order valence-electron chi connectivity index (χ2n) is 6.34. The van der Waals surface area contributed by atoms with Crippen LogP contribution in [0.1, 0.15) is 39.2 Å². The quantitative estimate of drug-likeness (QED) is 0.627. The molecule has 0 aliphatic heterocycles. The fourth-order valence-electron chi connectivity index (χ4n) is 3.27. The van der Waals surface area contributed by atoms with Crippen molar-refractivity contribution in [3.63, 3.8) is 0 Å².